The number of carbonyl (C=O) groups is 1. The van der Waals surface area contributed by atoms with Crippen molar-refractivity contribution >= 4 is 11.8 Å². The van der Waals surface area contributed by atoms with Crippen LogP contribution < -0.4 is 5.32 Å². The summed E-state index contributed by atoms with van der Waals surface area (Å²) in [6.07, 6.45) is 0.708. The molecule has 0 aromatic heterocycles. The summed E-state index contributed by atoms with van der Waals surface area (Å²) in [7, 11) is 0. The molecular weight excluding hydrogens is 300 g/mol. The summed E-state index contributed by atoms with van der Waals surface area (Å²) in [6, 6.07) is 6.88. The number of hydrogen-bond donors (Lipinski definition) is 1. The summed E-state index contributed by atoms with van der Waals surface area (Å²) in [5.74, 6) is 0. The first-order chi connectivity index (χ1) is 11.0. The van der Waals surface area contributed by atoms with Crippen LogP contribution in [0.2, 0.25) is 0 Å². The molecule has 1 atom stereocenters. The van der Waals surface area contributed by atoms with E-state index >= 15 is 0 Å². The quantitative estimate of drug-likeness (QED) is 0.849. The van der Waals surface area contributed by atoms with Crippen molar-refractivity contribution in [2.75, 3.05) is 18.4 Å². The molecule has 4 nitrogen and oxygen atoms in total. The average molecular weight is 332 g/mol. The summed E-state index contributed by atoms with van der Waals surface area (Å²) >= 11 is 0. The van der Waals surface area contributed by atoms with Crippen LogP contribution in [0.1, 0.15) is 52.2 Å². The van der Waals surface area contributed by atoms with Gasteiger partial charge in [-0.15, -0.1) is 0 Å². The van der Waals surface area contributed by atoms with Crippen molar-refractivity contribution in [3.05, 3.63) is 29.3 Å². The lowest BCUT2D eigenvalue weighted by Gasteiger charge is -2.45. The van der Waals surface area contributed by atoms with Gasteiger partial charge in [0.05, 0.1) is 0 Å². The van der Waals surface area contributed by atoms with Crippen molar-refractivity contribution in [2.45, 2.75) is 66.5 Å². The van der Waals surface area contributed by atoms with Gasteiger partial charge in [0, 0.05) is 30.2 Å². The number of ether oxygens (including phenoxy) is 1. The van der Waals surface area contributed by atoms with E-state index in [1.54, 1.807) is 0 Å². The SMILES string of the molecule is Cc1cc(C)cc(NC2CCN(C(=O)OC(C)(C)C)CC2(C)C)c1. The lowest BCUT2D eigenvalue weighted by atomic mass is 9.79. The molecule has 1 N–H and O–H groups in total. The van der Waals surface area contributed by atoms with E-state index in [0.29, 0.717) is 12.6 Å². The van der Waals surface area contributed by atoms with E-state index in [1.807, 2.05) is 25.7 Å². The maximum atomic E-state index is 12.3. The molecule has 1 amide bonds. The second-order valence-electron chi connectivity index (χ2n) is 8.75. The van der Waals surface area contributed by atoms with Gasteiger partial charge in [0.15, 0.2) is 0 Å². The molecule has 0 saturated carbocycles. The largest absolute Gasteiger partial charge is 0.444 e. The van der Waals surface area contributed by atoms with Gasteiger partial charge in [0.1, 0.15) is 5.60 Å². The second-order valence-corrected chi connectivity index (χ2v) is 8.75. The van der Waals surface area contributed by atoms with Crippen LogP contribution in [0.4, 0.5) is 10.5 Å². The summed E-state index contributed by atoms with van der Waals surface area (Å²) < 4.78 is 5.52. The molecule has 1 fully saturated rings. The number of amides is 1. The molecule has 1 heterocycles. The molecule has 1 saturated heterocycles. The molecule has 2 rings (SSSR count). The highest BCUT2D eigenvalue weighted by molar-refractivity contribution is 5.68. The van der Waals surface area contributed by atoms with E-state index in [1.165, 1.54) is 11.1 Å². The molecule has 0 bridgehead atoms. The van der Waals surface area contributed by atoms with Crippen molar-refractivity contribution in [1.82, 2.24) is 4.90 Å². The number of benzene rings is 1. The van der Waals surface area contributed by atoms with Crippen LogP contribution in [0, 0.1) is 19.3 Å². The van der Waals surface area contributed by atoms with Crippen LogP contribution >= 0.6 is 0 Å². The Labute approximate surface area is 146 Å². The van der Waals surface area contributed by atoms with Gasteiger partial charge in [-0.05, 0) is 64.3 Å². The highest BCUT2D eigenvalue weighted by atomic mass is 16.6. The first kappa shape index (κ1) is 18.6. The van der Waals surface area contributed by atoms with Crippen molar-refractivity contribution in [3.63, 3.8) is 0 Å². The van der Waals surface area contributed by atoms with Gasteiger partial charge in [0.2, 0.25) is 0 Å². The molecule has 1 aromatic carbocycles. The average Bonchev–Trinajstić information content (AvgIpc) is 2.37. The van der Waals surface area contributed by atoms with Gasteiger partial charge in [-0.2, -0.15) is 0 Å². The van der Waals surface area contributed by atoms with Gasteiger partial charge in [-0.1, -0.05) is 19.9 Å². The molecule has 1 aliphatic rings. The van der Waals surface area contributed by atoms with E-state index in [9.17, 15) is 4.79 Å². The third-order valence-corrected chi connectivity index (χ3v) is 4.44. The number of nitrogens with zero attached hydrogens (tertiary/aromatic N) is 1. The minimum atomic E-state index is -0.449. The van der Waals surface area contributed by atoms with Gasteiger partial charge >= 0.3 is 6.09 Å². The predicted molar refractivity (Wildman–Crippen MR) is 99.5 cm³/mol. The Bertz CT molecular complexity index is 582. The smallest absolute Gasteiger partial charge is 0.410 e. The molecule has 4 heteroatoms. The standard InChI is InChI=1S/C20H32N2O2/c1-14-10-15(2)12-16(11-14)21-17-8-9-22(13-20(17,6)7)18(23)24-19(3,4)5/h10-12,17,21H,8-9,13H2,1-7H3. The fourth-order valence-corrected chi connectivity index (χ4v) is 3.37. The maximum Gasteiger partial charge on any atom is 0.410 e. The van der Waals surface area contributed by atoms with E-state index in [4.69, 9.17) is 4.74 Å². The Kier molecular flexibility index (Phi) is 5.17. The summed E-state index contributed by atoms with van der Waals surface area (Å²) in [5, 5.41) is 3.68. The van der Waals surface area contributed by atoms with E-state index in [2.05, 4.69) is 51.2 Å². The molecule has 1 aromatic rings. The Morgan fingerprint density at radius 2 is 1.79 bits per heavy atom. The van der Waals surface area contributed by atoms with E-state index in [0.717, 1.165) is 18.7 Å². The number of carbonyl (C=O) groups excluding carboxylic acids is 1. The Hall–Kier alpha value is -1.71. The van der Waals surface area contributed by atoms with Crippen molar-refractivity contribution in [1.29, 1.82) is 0 Å². The number of rotatable bonds is 2. The first-order valence-corrected chi connectivity index (χ1v) is 8.79. The third kappa shape index (κ3) is 4.89. The van der Waals surface area contributed by atoms with Gasteiger partial charge in [-0.25, -0.2) is 4.79 Å². The monoisotopic (exact) mass is 332 g/mol. The van der Waals surface area contributed by atoms with Crippen LogP contribution in [0.5, 0.6) is 0 Å². The maximum absolute atomic E-state index is 12.3. The molecule has 134 valence electrons. The van der Waals surface area contributed by atoms with Crippen LogP contribution in [-0.4, -0.2) is 35.7 Å². The summed E-state index contributed by atoms with van der Waals surface area (Å²) in [4.78, 5) is 14.2. The van der Waals surface area contributed by atoms with Crippen LogP contribution in [0.3, 0.4) is 0 Å². The van der Waals surface area contributed by atoms with E-state index < -0.39 is 5.60 Å². The third-order valence-electron chi connectivity index (χ3n) is 4.44. The fraction of sp³-hybridized carbons (Fsp3) is 0.650. The van der Waals surface area contributed by atoms with Crippen molar-refractivity contribution in [2.24, 2.45) is 5.41 Å². The minimum Gasteiger partial charge on any atom is -0.444 e. The zero-order chi connectivity index (χ0) is 18.1. The number of nitrogens with one attached hydrogen (secondary N) is 1. The van der Waals surface area contributed by atoms with Crippen molar-refractivity contribution in [3.8, 4) is 0 Å². The second kappa shape index (κ2) is 6.66. The molecule has 0 aliphatic carbocycles. The molecule has 0 spiro atoms. The lowest BCUT2D eigenvalue weighted by Crippen LogP contribution is -2.54. The van der Waals surface area contributed by atoms with Gasteiger partial charge < -0.3 is 15.0 Å². The minimum absolute atomic E-state index is 0.0210. The summed E-state index contributed by atoms with van der Waals surface area (Å²) in [6.45, 7) is 15.8. The number of likely N-dealkylation sites (tertiary alicyclic amines) is 1. The predicted octanol–water partition coefficient (Wildman–Crippen LogP) is 4.75. The zero-order valence-electron chi connectivity index (χ0n) is 16.2. The van der Waals surface area contributed by atoms with Crippen LogP contribution in [0.15, 0.2) is 18.2 Å². The van der Waals surface area contributed by atoms with Crippen LogP contribution in [0.25, 0.3) is 0 Å². The first-order valence-electron chi connectivity index (χ1n) is 8.79. The van der Waals surface area contributed by atoms with Crippen LogP contribution in [-0.2, 0) is 4.74 Å². The lowest BCUT2D eigenvalue weighted by molar-refractivity contribution is 0.00692. The summed E-state index contributed by atoms with van der Waals surface area (Å²) in [5.41, 5.74) is 3.22. The van der Waals surface area contributed by atoms with Crippen molar-refractivity contribution < 1.29 is 9.53 Å². The fourth-order valence-electron chi connectivity index (χ4n) is 3.37. The Morgan fingerprint density at radius 1 is 1.21 bits per heavy atom. The number of piperidine rings is 1. The molecular formula is C20H32N2O2. The number of anilines is 1. The van der Waals surface area contributed by atoms with E-state index in [-0.39, 0.29) is 11.5 Å². The molecule has 0 radical (unpaired) electrons. The number of hydrogen-bond acceptors (Lipinski definition) is 3. The Morgan fingerprint density at radius 3 is 2.29 bits per heavy atom. The Balaban J connectivity index is 2.04. The van der Waals surface area contributed by atoms with Gasteiger partial charge in [-0.3, -0.25) is 0 Å². The normalized spacial score (nSPS) is 20.6. The highest BCUT2D eigenvalue weighted by Crippen LogP contribution is 2.33. The highest BCUT2D eigenvalue weighted by Gasteiger charge is 2.38. The zero-order valence-corrected chi connectivity index (χ0v) is 16.2. The molecule has 24 heavy (non-hydrogen) atoms. The molecule has 1 aliphatic heterocycles. The molecule has 1 unspecified atom stereocenters. The van der Waals surface area contributed by atoms with Gasteiger partial charge in [0.25, 0.3) is 0 Å². The number of aryl methyl sites for hydroxylation is 2. The topological polar surface area (TPSA) is 41.6 Å².